The summed E-state index contributed by atoms with van der Waals surface area (Å²) in [6.45, 7) is 4.60. The van der Waals surface area contributed by atoms with Gasteiger partial charge in [0.15, 0.2) is 0 Å². The molecule has 124 valence electrons. The van der Waals surface area contributed by atoms with Crippen molar-refractivity contribution < 1.29 is 9.59 Å². The average molecular weight is 322 g/mol. The van der Waals surface area contributed by atoms with E-state index in [2.05, 4.69) is 5.32 Å². The van der Waals surface area contributed by atoms with E-state index in [1.807, 2.05) is 55.5 Å². The molecule has 4 heteroatoms. The molecule has 1 atom stereocenters. The molecule has 3 rings (SSSR count). The van der Waals surface area contributed by atoms with E-state index >= 15 is 0 Å². The Bertz CT molecular complexity index is 770. The van der Waals surface area contributed by atoms with Crippen LogP contribution in [0.25, 0.3) is 0 Å². The van der Waals surface area contributed by atoms with E-state index in [1.165, 1.54) is 6.92 Å². The van der Waals surface area contributed by atoms with Crippen molar-refractivity contribution in [3.8, 4) is 0 Å². The molecule has 0 radical (unpaired) electrons. The van der Waals surface area contributed by atoms with Crippen molar-refractivity contribution >= 4 is 11.8 Å². The Kier molecular flexibility index (Phi) is 4.65. The van der Waals surface area contributed by atoms with Crippen molar-refractivity contribution in [1.29, 1.82) is 0 Å². The van der Waals surface area contributed by atoms with Gasteiger partial charge in [-0.05, 0) is 35.6 Å². The molecule has 1 aliphatic rings. The van der Waals surface area contributed by atoms with Gasteiger partial charge >= 0.3 is 0 Å². The van der Waals surface area contributed by atoms with E-state index in [0.717, 1.165) is 28.7 Å². The number of amides is 2. The number of carbonyl (C=O) groups excluding carboxylic acids is 2. The number of aryl methyl sites for hydroxylation is 1. The van der Waals surface area contributed by atoms with Crippen LogP contribution in [0.2, 0.25) is 0 Å². The highest BCUT2D eigenvalue weighted by Crippen LogP contribution is 2.30. The molecule has 2 amide bonds. The minimum absolute atomic E-state index is 0.0689. The van der Waals surface area contributed by atoms with Gasteiger partial charge in [-0.25, -0.2) is 0 Å². The Labute approximate surface area is 142 Å². The summed E-state index contributed by atoms with van der Waals surface area (Å²) >= 11 is 0. The molecule has 2 aromatic carbocycles. The number of hydrogen-bond donors (Lipinski definition) is 1. The number of nitrogens with zero attached hydrogens (tertiary/aromatic N) is 1. The van der Waals surface area contributed by atoms with E-state index in [-0.39, 0.29) is 11.8 Å². The van der Waals surface area contributed by atoms with Gasteiger partial charge in [0.1, 0.15) is 6.04 Å². The fraction of sp³-hybridized carbons (Fsp3) is 0.300. The number of fused-ring (bicyclic) bond motifs is 1. The molecular weight excluding hydrogens is 300 g/mol. The van der Waals surface area contributed by atoms with Crippen LogP contribution in [0.15, 0.2) is 48.5 Å². The lowest BCUT2D eigenvalue weighted by molar-refractivity contribution is -0.139. The van der Waals surface area contributed by atoms with Gasteiger partial charge in [0, 0.05) is 20.0 Å². The van der Waals surface area contributed by atoms with E-state index < -0.39 is 6.04 Å². The van der Waals surface area contributed by atoms with Crippen molar-refractivity contribution in [2.24, 2.45) is 0 Å². The first kappa shape index (κ1) is 16.2. The summed E-state index contributed by atoms with van der Waals surface area (Å²) in [6, 6.07) is 15.3. The second kappa shape index (κ2) is 6.87. The Morgan fingerprint density at radius 1 is 1.12 bits per heavy atom. The van der Waals surface area contributed by atoms with Crippen molar-refractivity contribution in [3.63, 3.8) is 0 Å². The Morgan fingerprint density at radius 2 is 1.83 bits per heavy atom. The molecule has 0 saturated heterocycles. The fourth-order valence-corrected chi connectivity index (χ4v) is 3.28. The molecule has 0 spiro atoms. The number of rotatable bonds is 3. The lowest BCUT2D eigenvalue weighted by Crippen LogP contribution is -2.46. The topological polar surface area (TPSA) is 49.4 Å². The van der Waals surface area contributed by atoms with Gasteiger partial charge in [-0.1, -0.05) is 48.5 Å². The summed E-state index contributed by atoms with van der Waals surface area (Å²) in [5.41, 5.74) is 4.31. The SMILES string of the molecule is CC(=O)N1CCc2ccccc2[C@@H]1C(=O)NCc1ccccc1C. The first-order chi connectivity index (χ1) is 11.6. The minimum Gasteiger partial charge on any atom is -0.350 e. The van der Waals surface area contributed by atoms with Crippen molar-refractivity contribution in [1.82, 2.24) is 10.2 Å². The first-order valence-corrected chi connectivity index (χ1v) is 8.25. The molecule has 0 aliphatic carbocycles. The average Bonchev–Trinajstić information content (AvgIpc) is 2.59. The van der Waals surface area contributed by atoms with Gasteiger partial charge in [-0.3, -0.25) is 9.59 Å². The highest BCUT2D eigenvalue weighted by Gasteiger charge is 2.34. The smallest absolute Gasteiger partial charge is 0.247 e. The maximum atomic E-state index is 12.9. The van der Waals surface area contributed by atoms with Crippen LogP contribution >= 0.6 is 0 Å². The van der Waals surface area contributed by atoms with Crippen LogP contribution in [0.4, 0.5) is 0 Å². The Balaban J connectivity index is 1.83. The fourth-order valence-electron chi connectivity index (χ4n) is 3.28. The Hall–Kier alpha value is -2.62. The third-order valence-electron chi connectivity index (χ3n) is 4.65. The zero-order valence-corrected chi connectivity index (χ0v) is 14.1. The summed E-state index contributed by atoms with van der Waals surface area (Å²) in [7, 11) is 0. The van der Waals surface area contributed by atoms with E-state index in [9.17, 15) is 9.59 Å². The van der Waals surface area contributed by atoms with Crippen molar-refractivity contribution in [2.45, 2.75) is 32.9 Å². The summed E-state index contributed by atoms with van der Waals surface area (Å²) < 4.78 is 0. The van der Waals surface area contributed by atoms with Crippen molar-refractivity contribution in [3.05, 3.63) is 70.8 Å². The number of nitrogens with one attached hydrogen (secondary N) is 1. The van der Waals surface area contributed by atoms with Crippen LogP contribution in [-0.2, 0) is 22.6 Å². The maximum Gasteiger partial charge on any atom is 0.247 e. The Morgan fingerprint density at radius 3 is 2.58 bits per heavy atom. The molecule has 2 aromatic rings. The van der Waals surface area contributed by atoms with Gasteiger partial charge in [0.25, 0.3) is 0 Å². The molecule has 0 saturated carbocycles. The van der Waals surface area contributed by atoms with Crippen molar-refractivity contribution in [2.75, 3.05) is 6.54 Å². The lowest BCUT2D eigenvalue weighted by atomic mass is 9.92. The highest BCUT2D eigenvalue weighted by atomic mass is 16.2. The minimum atomic E-state index is -0.545. The molecule has 1 heterocycles. The first-order valence-electron chi connectivity index (χ1n) is 8.25. The molecule has 4 nitrogen and oxygen atoms in total. The molecule has 0 fully saturated rings. The molecule has 1 aliphatic heterocycles. The summed E-state index contributed by atoms with van der Waals surface area (Å²) in [5.74, 6) is -0.193. The van der Waals surface area contributed by atoms with E-state index in [0.29, 0.717) is 13.1 Å². The molecular formula is C20H22N2O2. The molecule has 0 unspecified atom stereocenters. The zero-order chi connectivity index (χ0) is 17.1. The van der Waals surface area contributed by atoms with Crippen LogP contribution in [0.5, 0.6) is 0 Å². The lowest BCUT2D eigenvalue weighted by Gasteiger charge is -2.35. The van der Waals surface area contributed by atoms with E-state index in [4.69, 9.17) is 0 Å². The van der Waals surface area contributed by atoms with Crippen LogP contribution in [0.1, 0.15) is 35.2 Å². The predicted molar refractivity (Wildman–Crippen MR) is 93.3 cm³/mol. The van der Waals surface area contributed by atoms with Gasteiger partial charge in [-0.15, -0.1) is 0 Å². The second-order valence-corrected chi connectivity index (χ2v) is 6.21. The molecule has 0 bridgehead atoms. The maximum absolute atomic E-state index is 12.9. The summed E-state index contributed by atoms with van der Waals surface area (Å²) in [5, 5.41) is 3.00. The summed E-state index contributed by atoms with van der Waals surface area (Å²) in [4.78, 5) is 26.5. The van der Waals surface area contributed by atoms with Gasteiger partial charge in [-0.2, -0.15) is 0 Å². The quantitative estimate of drug-likeness (QED) is 0.944. The second-order valence-electron chi connectivity index (χ2n) is 6.21. The number of carbonyl (C=O) groups is 2. The van der Waals surface area contributed by atoms with Gasteiger partial charge < -0.3 is 10.2 Å². The molecule has 24 heavy (non-hydrogen) atoms. The molecule has 1 N–H and O–H groups in total. The van der Waals surface area contributed by atoms with Gasteiger partial charge in [0.05, 0.1) is 0 Å². The number of benzene rings is 2. The highest BCUT2D eigenvalue weighted by molar-refractivity contribution is 5.88. The third kappa shape index (κ3) is 3.18. The zero-order valence-electron chi connectivity index (χ0n) is 14.1. The van der Waals surface area contributed by atoms with Crippen LogP contribution in [0, 0.1) is 6.92 Å². The third-order valence-corrected chi connectivity index (χ3v) is 4.65. The van der Waals surface area contributed by atoms with E-state index in [1.54, 1.807) is 4.90 Å². The molecule has 0 aromatic heterocycles. The monoisotopic (exact) mass is 322 g/mol. The van der Waals surface area contributed by atoms with Crippen LogP contribution in [0.3, 0.4) is 0 Å². The predicted octanol–water partition coefficient (Wildman–Crippen LogP) is 2.76. The van der Waals surface area contributed by atoms with Crippen LogP contribution in [-0.4, -0.2) is 23.3 Å². The largest absolute Gasteiger partial charge is 0.350 e. The number of hydrogen-bond acceptors (Lipinski definition) is 2. The standard InChI is InChI=1S/C20H22N2O2/c1-14-7-3-4-9-17(14)13-21-20(24)19-18-10-6-5-8-16(18)11-12-22(19)15(2)23/h3-10,19H,11-13H2,1-2H3,(H,21,24)/t19-/m1/s1. The van der Waals surface area contributed by atoms with Gasteiger partial charge in [0.2, 0.25) is 11.8 Å². The van der Waals surface area contributed by atoms with Crippen LogP contribution < -0.4 is 5.32 Å². The summed E-state index contributed by atoms with van der Waals surface area (Å²) in [6.07, 6.45) is 0.789. The normalized spacial score (nSPS) is 16.4.